The molecule has 2 amide bonds. The number of aryl methyl sites for hydroxylation is 2. The molecular weight excluding hydrogens is 450 g/mol. The molecule has 0 fully saturated rings. The normalized spacial score (nSPS) is 11.7. The zero-order valence-corrected chi connectivity index (χ0v) is 20.1. The number of nitrogens with one attached hydrogen (secondary N) is 2. The van der Waals surface area contributed by atoms with Crippen molar-refractivity contribution in [3.8, 4) is 5.75 Å². The number of carbonyl (C=O) groups excluding carboxylic acids is 2. The first-order valence-electron chi connectivity index (χ1n) is 10.7. The second-order valence-corrected chi connectivity index (χ2v) is 8.52. The molecule has 0 aliphatic rings. The number of rotatable bonds is 10. The van der Waals surface area contributed by atoms with Gasteiger partial charge in [0.25, 0.3) is 11.8 Å². The van der Waals surface area contributed by atoms with Gasteiger partial charge in [0.05, 0.1) is 18.0 Å². The average molecular weight is 478 g/mol. The highest BCUT2D eigenvalue weighted by Gasteiger charge is 2.10. The summed E-state index contributed by atoms with van der Waals surface area (Å²) in [7, 11) is 0. The summed E-state index contributed by atoms with van der Waals surface area (Å²) in [5.74, 6) is 0.278. The molecule has 0 saturated heterocycles. The zero-order valence-electron chi connectivity index (χ0n) is 19.3. The van der Waals surface area contributed by atoms with E-state index in [1.165, 1.54) is 18.0 Å². The van der Waals surface area contributed by atoms with Gasteiger partial charge in [0, 0.05) is 11.4 Å². The van der Waals surface area contributed by atoms with E-state index in [0.717, 1.165) is 22.5 Å². The van der Waals surface area contributed by atoms with Crippen molar-refractivity contribution in [2.75, 3.05) is 12.4 Å². The van der Waals surface area contributed by atoms with E-state index < -0.39 is 0 Å². The summed E-state index contributed by atoms with van der Waals surface area (Å²) in [4.78, 5) is 32.7. The van der Waals surface area contributed by atoms with Crippen LogP contribution in [-0.4, -0.2) is 40.4 Å². The molecule has 3 rings (SSSR count). The summed E-state index contributed by atoms with van der Waals surface area (Å²) in [5.41, 5.74) is 6.02. The molecule has 9 heteroatoms. The van der Waals surface area contributed by atoms with E-state index in [1.54, 1.807) is 24.3 Å². The SMILES string of the molecule is Cc1cc(C)nc(SCC(=O)N/N=C\c2ccc(OCC(=O)N[C@@H](C)c3ccccc3)cc2)n1. The Labute approximate surface area is 203 Å². The van der Waals surface area contributed by atoms with Crippen molar-refractivity contribution >= 4 is 29.8 Å². The monoisotopic (exact) mass is 477 g/mol. The maximum absolute atomic E-state index is 12.1. The third-order valence-corrected chi connectivity index (χ3v) is 5.47. The van der Waals surface area contributed by atoms with Crippen LogP contribution in [0.15, 0.2) is 70.9 Å². The number of amides is 2. The highest BCUT2D eigenvalue weighted by molar-refractivity contribution is 7.99. The molecular formula is C25H27N5O3S. The first-order chi connectivity index (χ1) is 16.4. The quantitative estimate of drug-likeness (QED) is 0.200. The molecule has 34 heavy (non-hydrogen) atoms. The molecule has 0 unspecified atom stereocenters. The number of hydrogen-bond acceptors (Lipinski definition) is 7. The number of ether oxygens (including phenoxy) is 1. The highest BCUT2D eigenvalue weighted by atomic mass is 32.2. The van der Waals surface area contributed by atoms with Crippen LogP contribution in [-0.2, 0) is 9.59 Å². The van der Waals surface area contributed by atoms with Gasteiger partial charge >= 0.3 is 0 Å². The molecule has 2 N–H and O–H groups in total. The maximum atomic E-state index is 12.1. The Hall–Kier alpha value is -3.72. The minimum absolute atomic E-state index is 0.0808. The second-order valence-electron chi connectivity index (χ2n) is 7.57. The van der Waals surface area contributed by atoms with Crippen LogP contribution in [0.3, 0.4) is 0 Å². The average Bonchev–Trinajstić information content (AvgIpc) is 2.82. The summed E-state index contributed by atoms with van der Waals surface area (Å²) in [6.45, 7) is 5.63. The van der Waals surface area contributed by atoms with Crippen molar-refractivity contribution in [2.45, 2.75) is 32.0 Å². The van der Waals surface area contributed by atoms with Crippen LogP contribution in [0.4, 0.5) is 0 Å². The predicted molar refractivity (Wildman–Crippen MR) is 133 cm³/mol. The van der Waals surface area contributed by atoms with E-state index in [-0.39, 0.29) is 30.2 Å². The molecule has 0 radical (unpaired) electrons. The van der Waals surface area contributed by atoms with Gasteiger partial charge in [-0.2, -0.15) is 5.10 Å². The summed E-state index contributed by atoms with van der Waals surface area (Å²) in [5, 5.41) is 7.44. The Kier molecular flexibility index (Phi) is 9.16. The molecule has 0 bridgehead atoms. The largest absolute Gasteiger partial charge is 0.484 e. The standard InChI is InChI=1S/C25H27N5O3S/c1-17-13-18(2)28-25(27-17)34-16-24(32)30-26-14-20-9-11-22(12-10-20)33-15-23(31)29-19(3)21-7-5-4-6-8-21/h4-14,19H,15-16H2,1-3H3,(H,29,31)(H,30,32)/b26-14-/t19-/m0/s1. The number of hydrazone groups is 1. The van der Waals surface area contributed by atoms with Crippen molar-refractivity contribution in [3.05, 3.63) is 83.2 Å². The lowest BCUT2D eigenvalue weighted by Gasteiger charge is -2.14. The van der Waals surface area contributed by atoms with E-state index in [2.05, 4.69) is 25.8 Å². The number of aromatic nitrogens is 2. The van der Waals surface area contributed by atoms with E-state index in [1.807, 2.05) is 57.2 Å². The lowest BCUT2D eigenvalue weighted by atomic mass is 10.1. The van der Waals surface area contributed by atoms with Gasteiger partial charge in [0.1, 0.15) is 5.75 Å². The number of thioether (sulfide) groups is 1. The molecule has 3 aromatic rings. The fourth-order valence-corrected chi connectivity index (χ4v) is 3.75. The van der Waals surface area contributed by atoms with Crippen LogP contribution in [0.2, 0.25) is 0 Å². The van der Waals surface area contributed by atoms with Crippen molar-refractivity contribution in [1.82, 2.24) is 20.7 Å². The van der Waals surface area contributed by atoms with Gasteiger partial charge in [0.2, 0.25) is 0 Å². The Morgan fingerprint density at radius 3 is 2.38 bits per heavy atom. The van der Waals surface area contributed by atoms with Gasteiger partial charge in [-0.3, -0.25) is 9.59 Å². The van der Waals surface area contributed by atoms with Gasteiger partial charge in [-0.15, -0.1) is 0 Å². The maximum Gasteiger partial charge on any atom is 0.258 e. The smallest absolute Gasteiger partial charge is 0.258 e. The van der Waals surface area contributed by atoms with Crippen LogP contribution in [0.1, 0.15) is 35.5 Å². The first kappa shape index (κ1) is 24.9. The van der Waals surface area contributed by atoms with Crippen molar-refractivity contribution in [2.24, 2.45) is 5.10 Å². The molecule has 0 spiro atoms. The number of carbonyl (C=O) groups is 2. The predicted octanol–water partition coefficient (Wildman–Crippen LogP) is 3.59. The van der Waals surface area contributed by atoms with E-state index in [4.69, 9.17) is 4.74 Å². The van der Waals surface area contributed by atoms with Gasteiger partial charge in [0.15, 0.2) is 11.8 Å². The lowest BCUT2D eigenvalue weighted by Crippen LogP contribution is -2.31. The van der Waals surface area contributed by atoms with Crippen LogP contribution in [0.5, 0.6) is 5.75 Å². The number of benzene rings is 2. The molecule has 1 atom stereocenters. The highest BCUT2D eigenvalue weighted by Crippen LogP contribution is 2.14. The zero-order chi connectivity index (χ0) is 24.3. The van der Waals surface area contributed by atoms with Crippen molar-refractivity contribution in [3.63, 3.8) is 0 Å². The van der Waals surface area contributed by atoms with Gasteiger partial charge in [-0.25, -0.2) is 15.4 Å². The molecule has 176 valence electrons. The Morgan fingerprint density at radius 1 is 1.03 bits per heavy atom. The third-order valence-electron chi connectivity index (χ3n) is 4.62. The second kappa shape index (κ2) is 12.5. The summed E-state index contributed by atoms with van der Waals surface area (Å²) in [6, 6.07) is 18.6. The van der Waals surface area contributed by atoms with Crippen LogP contribution < -0.4 is 15.5 Å². The Morgan fingerprint density at radius 2 is 1.71 bits per heavy atom. The molecule has 1 aromatic heterocycles. The minimum atomic E-state index is -0.250. The van der Waals surface area contributed by atoms with Gasteiger partial charge in [-0.1, -0.05) is 42.1 Å². The number of nitrogens with zero attached hydrogens (tertiary/aromatic N) is 3. The van der Waals surface area contributed by atoms with E-state index in [9.17, 15) is 9.59 Å². The Bertz CT molecular complexity index is 1120. The van der Waals surface area contributed by atoms with Crippen molar-refractivity contribution < 1.29 is 14.3 Å². The molecule has 0 aliphatic carbocycles. The fraction of sp³-hybridized carbons (Fsp3) is 0.240. The molecule has 0 aliphatic heterocycles. The Balaban J connectivity index is 1.39. The summed E-state index contributed by atoms with van der Waals surface area (Å²) < 4.78 is 5.55. The van der Waals surface area contributed by atoms with E-state index in [0.29, 0.717) is 10.9 Å². The van der Waals surface area contributed by atoms with Crippen LogP contribution in [0, 0.1) is 13.8 Å². The first-order valence-corrected chi connectivity index (χ1v) is 11.7. The van der Waals surface area contributed by atoms with E-state index >= 15 is 0 Å². The van der Waals surface area contributed by atoms with Gasteiger partial charge < -0.3 is 10.1 Å². The van der Waals surface area contributed by atoms with Crippen LogP contribution >= 0.6 is 11.8 Å². The molecule has 1 heterocycles. The number of hydrogen-bond donors (Lipinski definition) is 2. The minimum Gasteiger partial charge on any atom is -0.484 e. The van der Waals surface area contributed by atoms with Crippen molar-refractivity contribution in [1.29, 1.82) is 0 Å². The third kappa shape index (κ3) is 8.32. The van der Waals surface area contributed by atoms with Crippen LogP contribution in [0.25, 0.3) is 0 Å². The molecule has 0 saturated carbocycles. The molecule has 8 nitrogen and oxygen atoms in total. The lowest BCUT2D eigenvalue weighted by molar-refractivity contribution is -0.123. The topological polar surface area (TPSA) is 106 Å². The summed E-state index contributed by atoms with van der Waals surface area (Å²) >= 11 is 1.26. The summed E-state index contributed by atoms with van der Waals surface area (Å²) in [6.07, 6.45) is 1.54. The van der Waals surface area contributed by atoms with Gasteiger partial charge in [-0.05, 0) is 62.2 Å². The fourth-order valence-electron chi connectivity index (χ4n) is 3.01. The molecule has 2 aromatic carbocycles.